The lowest BCUT2D eigenvalue weighted by Crippen LogP contribution is -2.54. The summed E-state index contributed by atoms with van der Waals surface area (Å²) in [5.74, 6) is -0.982. The van der Waals surface area contributed by atoms with E-state index in [9.17, 15) is 20.1 Å². The first kappa shape index (κ1) is 19.3. The van der Waals surface area contributed by atoms with Crippen LogP contribution in [0, 0.1) is 0 Å². The number of hydrogen-bond donors (Lipinski definition) is 4. The monoisotopic (exact) mass is 320 g/mol. The summed E-state index contributed by atoms with van der Waals surface area (Å²) in [5.41, 5.74) is 0. The predicted octanol–water partition coefficient (Wildman–Crippen LogP) is 0.646. The zero-order chi connectivity index (χ0) is 16.5. The second kappa shape index (κ2) is 10.1. The van der Waals surface area contributed by atoms with Gasteiger partial charge in [-0.15, -0.1) is 0 Å². The Bertz CT molecular complexity index is 323. The van der Waals surface area contributed by atoms with Crippen molar-refractivity contribution in [3.8, 4) is 0 Å². The van der Waals surface area contributed by atoms with Crippen molar-refractivity contribution < 1.29 is 34.7 Å². The molecule has 1 saturated heterocycles. The van der Waals surface area contributed by atoms with Gasteiger partial charge < -0.3 is 29.9 Å². The molecule has 1 fully saturated rings. The quantitative estimate of drug-likeness (QED) is 0.437. The van der Waals surface area contributed by atoms with Crippen LogP contribution in [0.4, 0.5) is 0 Å². The first-order valence-electron chi connectivity index (χ1n) is 7.98. The van der Waals surface area contributed by atoms with Crippen LogP contribution < -0.4 is 0 Å². The molecule has 0 saturated carbocycles. The van der Waals surface area contributed by atoms with Crippen LogP contribution >= 0.6 is 0 Å². The third-order valence-electron chi connectivity index (χ3n) is 3.81. The third-order valence-corrected chi connectivity index (χ3v) is 3.81. The summed E-state index contributed by atoms with van der Waals surface area (Å²) in [6.07, 6.45) is 0.00466. The van der Waals surface area contributed by atoms with Gasteiger partial charge in [-0.2, -0.15) is 0 Å². The highest BCUT2D eigenvalue weighted by Crippen LogP contribution is 2.21. The molecule has 0 aromatic heterocycles. The number of aliphatic hydroxyl groups is 3. The van der Waals surface area contributed by atoms with Gasteiger partial charge in [-0.25, -0.2) is 0 Å². The van der Waals surface area contributed by atoms with Crippen molar-refractivity contribution in [3.63, 3.8) is 0 Å². The van der Waals surface area contributed by atoms with Gasteiger partial charge in [0.05, 0.1) is 19.1 Å². The molecule has 0 amide bonds. The van der Waals surface area contributed by atoms with E-state index in [0.29, 0.717) is 6.42 Å². The summed E-state index contributed by atoms with van der Waals surface area (Å²) < 4.78 is 10.7. The second-order valence-electron chi connectivity index (χ2n) is 5.81. The van der Waals surface area contributed by atoms with E-state index in [1.165, 1.54) is 0 Å². The summed E-state index contributed by atoms with van der Waals surface area (Å²) in [6.45, 7) is 1.97. The van der Waals surface area contributed by atoms with Gasteiger partial charge in [0.25, 0.3) is 0 Å². The molecule has 0 spiro atoms. The van der Waals surface area contributed by atoms with Crippen molar-refractivity contribution in [2.24, 2.45) is 0 Å². The normalized spacial score (nSPS) is 30.2. The first-order chi connectivity index (χ1) is 10.5. The Balaban J connectivity index is 2.44. The van der Waals surface area contributed by atoms with E-state index in [4.69, 9.17) is 14.6 Å². The highest BCUT2D eigenvalue weighted by atomic mass is 16.7. The number of aliphatic hydroxyl groups excluding tert-OH is 3. The summed E-state index contributed by atoms with van der Waals surface area (Å²) >= 11 is 0. The van der Waals surface area contributed by atoms with E-state index < -0.39 is 36.7 Å². The molecule has 5 unspecified atom stereocenters. The van der Waals surface area contributed by atoms with Crippen molar-refractivity contribution >= 4 is 5.97 Å². The molecule has 7 heteroatoms. The molecular weight excluding hydrogens is 292 g/mol. The number of carbonyl (C=O) groups is 1. The Morgan fingerprint density at radius 1 is 1.18 bits per heavy atom. The van der Waals surface area contributed by atoms with Gasteiger partial charge in [0.2, 0.25) is 0 Å². The van der Waals surface area contributed by atoms with E-state index in [0.717, 1.165) is 32.1 Å². The van der Waals surface area contributed by atoms with E-state index in [1.54, 1.807) is 0 Å². The molecule has 1 aliphatic heterocycles. The summed E-state index contributed by atoms with van der Waals surface area (Å²) in [4.78, 5) is 10.9. The van der Waals surface area contributed by atoms with Crippen LogP contribution in [0.15, 0.2) is 0 Å². The van der Waals surface area contributed by atoms with Gasteiger partial charge in [0, 0.05) is 0 Å². The lowest BCUT2D eigenvalue weighted by atomic mass is 10.0. The molecule has 0 radical (unpaired) electrons. The molecule has 7 nitrogen and oxygen atoms in total. The van der Waals surface area contributed by atoms with Crippen molar-refractivity contribution in [2.75, 3.05) is 6.61 Å². The highest BCUT2D eigenvalue weighted by molar-refractivity contribution is 5.67. The Morgan fingerprint density at radius 3 is 2.50 bits per heavy atom. The molecule has 22 heavy (non-hydrogen) atoms. The molecule has 4 N–H and O–H groups in total. The number of carboxylic acid groups (broad SMARTS) is 1. The second-order valence-corrected chi connectivity index (χ2v) is 5.81. The molecule has 5 atom stereocenters. The number of rotatable bonds is 10. The molecule has 130 valence electrons. The van der Waals surface area contributed by atoms with Crippen LogP contribution in [-0.4, -0.2) is 63.7 Å². The molecule has 0 aromatic carbocycles. The maximum Gasteiger partial charge on any atom is 0.305 e. The van der Waals surface area contributed by atoms with Crippen molar-refractivity contribution in [1.82, 2.24) is 0 Å². The molecular formula is C15H28O7. The third kappa shape index (κ3) is 6.58. The highest BCUT2D eigenvalue weighted by Gasteiger charge is 2.39. The van der Waals surface area contributed by atoms with Crippen LogP contribution in [-0.2, 0) is 14.3 Å². The smallest absolute Gasteiger partial charge is 0.305 e. The molecule has 1 rings (SSSR count). The standard InChI is InChI=1S/C15H28O7/c1-2-3-4-5-6-7-10(8-12(17)18)22-15-14(20)13(19)11(16)9-21-15/h10-11,13-16,19-20H,2-9H2,1H3,(H,17,18). The van der Waals surface area contributed by atoms with E-state index in [1.807, 2.05) is 0 Å². The van der Waals surface area contributed by atoms with Crippen LogP contribution in [0.5, 0.6) is 0 Å². The van der Waals surface area contributed by atoms with Gasteiger partial charge in [0.1, 0.15) is 18.3 Å². The van der Waals surface area contributed by atoms with Crippen molar-refractivity contribution in [3.05, 3.63) is 0 Å². The Hall–Kier alpha value is -0.730. The minimum atomic E-state index is -1.39. The number of unbranched alkanes of at least 4 members (excludes halogenated alkanes) is 4. The molecule has 1 heterocycles. The molecule has 0 bridgehead atoms. The maximum absolute atomic E-state index is 10.9. The van der Waals surface area contributed by atoms with E-state index in [-0.39, 0.29) is 13.0 Å². The predicted molar refractivity (Wildman–Crippen MR) is 78.3 cm³/mol. The van der Waals surface area contributed by atoms with Crippen molar-refractivity contribution in [2.45, 2.75) is 82.6 Å². The fourth-order valence-corrected chi connectivity index (χ4v) is 2.48. The van der Waals surface area contributed by atoms with Gasteiger partial charge in [-0.3, -0.25) is 4.79 Å². The zero-order valence-electron chi connectivity index (χ0n) is 13.1. The van der Waals surface area contributed by atoms with Crippen molar-refractivity contribution in [1.29, 1.82) is 0 Å². The SMILES string of the molecule is CCCCCCCC(CC(=O)O)OC1OCC(O)C(O)C1O. The minimum absolute atomic E-state index is 0.154. The van der Waals surface area contributed by atoms with Crippen LogP contribution in [0.1, 0.15) is 51.9 Å². The summed E-state index contributed by atoms with van der Waals surface area (Å²) in [5, 5.41) is 37.8. The minimum Gasteiger partial charge on any atom is -0.481 e. The summed E-state index contributed by atoms with van der Waals surface area (Å²) in [6, 6.07) is 0. The maximum atomic E-state index is 10.9. The molecule has 1 aliphatic rings. The summed E-state index contributed by atoms with van der Waals surface area (Å²) in [7, 11) is 0. The molecule has 0 aromatic rings. The van der Waals surface area contributed by atoms with Gasteiger partial charge >= 0.3 is 5.97 Å². The van der Waals surface area contributed by atoms with E-state index in [2.05, 4.69) is 6.92 Å². The Kier molecular flexibility index (Phi) is 8.89. The van der Waals surface area contributed by atoms with Crippen LogP contribution in [0.2, 0.25) is 0 Å². The lowest BCUT2D eigenvalue weighted by molar-refractivity contribution is -0.283. The number of carboxylic acids is 1. The fraction of sp³-hybridized carbons (Fsp3) is 0.933. The largest absolute Gasteiger partial charge is 0.481 e. The Labute approximate surface area is 130 Å². The van der Waals surface area contributed by atoms with Gasteiger partial charge in [-0.1, -0.05) is 39.0 Å². The average molecular weight is 320 g/mol. The average Bonchev–Trinajstić information content (AvgIpc) is 2.47. The van der Waals surface area contributed by atoms with E-state index >= 15 is 0 Å². The zero-order valence-corrected chi connectivity index (χ0v) is 13.1. The van der Waals surface area contributed by atoms with Crippen LogP contribution in [0.25, 0.3) is 0 Å². The number of ether oxygens (including phenoxy) is 2. The first-order valence-corrected chi connectivity index (χ1v) is 7.98. The van der Waals surface area contributed by atoms with Crippen LogP contribution in [0.3, 0.4) is 0 Å². The topological polar surface area (TPSA) is 116 Å². The molecule has 0 aliphatic carbocycles. The number of aliphatic carboxylic acids is 1. The Morgan fingerprint density at radius 2 is 1.86 bits per heavy atom. The fourth-order valence-electron chi connectivity index (χ4n) is 2.48. The van der Waals surface area contributed by atoms with Gasteiger partial charge in [0.15, 0.2) is 6.29 Å². The van der Waals surface area contributed by atoms with Gasteiger partial charge in [-0.05, 0) is 6.42 Å². The number of hydrogen-bond acceptors (Lipinski definition) is 6. The lowest BCUT2D eigenvalue weighted by Gasteiger charge is -2.36.